The van der Waals surface area contributed by atoms with E-state index in [2.05, 4.69) is 49.5 Å². The molecule has 0 saturated carbocycles. The van der Waals surface area contributed by atoms with Crippen LogP contribution in [0.5, 0.6) is 0 Å². The number of nitrogen functional groups attached to an aromatic ring is 1. The molecule has 198 valence electrons. The number of nitrogens with one attached hydrogen (secondary N) is 1. The molecule has 0 aliphatic carbocycles. The summed E-state index contributed by atoms with van der Waals surface area (Å²) in [4.78, 5) is 11.7. The van der Waals surface area contributed by atoms with Crippen molar-refractivity contribution in [1.29, 1.82) is 0 Å². The SMILES string of the molecule is C=C(CCCCCCC)c1cc(C)c2nc(CCC)[nH]c2c1.Nc1cc(C(F)(F)F)nc2ccccc12. The lowest BCUT2D eigenvalue weighted by molar-refractivity contribution is -0.140. The molecule has 0 atom stereocenters. The van der Waals surface area contributed by atoms with Crippen LogP contribution >= 0.6 is 0 Å². The number of aromatic amines is 1. The minimum absolute atomic E-state index is 0.0907. The van der Waals surface area contributed by atoms with Crippen LogP contribution < -0.4 is 5.73 Å². The predicted molar refractivity (Wildman–Crippen MR) is 148 cm³/mol. The number of hydrogen-bond donors (Lipinski definition) is 2. The van der Waals surface area contributed by atoms with Gasteiger partial charge < -0.3 is 10.7 Å². The Hall–Kier alpha value is -3.35. The molecule has 0 radical (unpaired) electrons. The number of alkyl halides is 3. The number of benzene rings is 2. The summed E-state index contributed by atoms with van der Waals surface area (Å²) >= 11 is 0. The van der Waals surface area contributed by atoms with Crippen LogP contribution in [0.25, 0.3) is 27.5 Å². The molecule has 4 aromatic rings. The maximum atomic E-state index is 12.4. The highest BCUT2D eigenvalue weighted by Crippen LogP contribution is 2.31. The van der Waals surface area contributed by atoms with Crippen molar-refractivity contribution in [3.63, 3.8) is 0 Å². The largest absolute Gasteiger partial charge is 0.433 e. The van der Waals surface area contributed by atoms with Crippen LogP contribution in [0.1, 0.15) is 81.4 Å². The number of aromatic nitrogens is 3. The number of para-hydroxylation sites is 1. The molecule has 2 aromatic heterocycles. The number of imidazole rings is 1. The van der Waals surface area contributed by atoms with Crippen LogP contribution in [-0.2, 0) is 12.6 Å². The fourth-order valence-corrected chi connectivity index (χ4v) is 4.33. The number of halogens is 3. The highest BCUT2D eigenvalue weighted by Gasteiger charge is 2.33. The summed E-state index contributed by atoms with van der Waals surface area (Å²) in [5.74, 6) is 1.10. The van der Waals surface area contributed by atoms with E-state index < -0.39 is 11.9 Å². The number of anilines is 1. The standard InChI is InChI=1S/C20H30N2.C10H7F3N2/c1-5-7-8-9-10-12-15(3)17-13-16(4)20-18(14-17)21-19(22-20)11-6-2;11-10(12,13)9-5-7(14)6-3-1-2-4-8(6)15-9/h13-14H,3,5-12H2,1-2,4H3,(H,21,22);1-5H,(H2,14,15). The number of pyridine rings is 1. The van der Waals surface area contributed by atoms with Gasteiger partial charge in [0.1, 0.15) is 11.5 Å². The molecule has 0 unspecified atom stereocenters. The first-order valence-corrected chi connectivity index (χ1v) is 13.0. The molecule has 0 aliphatic heterocycles. The van der Waals surface area contributed by atoms with Gasteiger partial charge in [0.05, 0.1) is 16.6 Å². The van der Waals surface area contributed by atoms with Gasteiger partial charge >= 0.3 is 6.18 Å². The molecular weight excluding hydrogens is 473 g/mol. The quantitative estimate of drug-likeness (QED) is 0.221. The van der Waals surface area contributed by atoms with E-state index in [9.17, 15) is 13.2 Å². The molecule has 3 N–H and O–H groups in total. The van der Waals surface area contributed by atoms with Gasteiger partial charge in [0.2, 0.25) is 0 Å². The summed E-state index contributed by atoms with van der Waals surface area (Å²) in [5, 5.41) is 0.533. The Labute approximate surface area is 217 Å². The van der Waals surface area contributed by atoms with Crippen molar-refractivity contribution in [3.8, 4) is 0 Å². The number of fused-ring (bicyclic) bond motifs is 2. The van der Waals surface area contributed by atoms with E-state index in [1.54, 1.807) is 18.2 Å². The first-order valence-electron chi connectivity index (χ1n) is 13.0. The van der Waals surface area contributed by atoms with Crippen LogP contribution in [0.2, 0.25) is 0 Å². The van der Waals surface area contributed by atoms with Gasteiger partial charge in [0, 0.05) is 17.5 Å². The predicted octanol–water partition coefficient (Wildman–Crippen LogP) is 9.03. The average molecular weight is 511 g/mol. The van der Waals surface area contributed by atoms with Gasteiger partial charge in [0.25, 0.3) is 0 Å². The van der Waals surface area contributed by atoms with E-state index >= 15 is 0 Å². The second-order valence-corrected chi connectivity index (χ2v) is 9.50. The van der Waals surface area contributed by atoms with Gasteiger partial charge in [-0.2, -0.15) is 13.2 Å². The van der Waals surface area contributed by atoms with Gasteiger partial charge in [-0.25, -0.2) is 9.97 Å². The number of nitrogens with zero attached hydrogens (tertiary/aromatic N) is 2. The summed E-state index contributed by atoms with van der Waals surface area (Å²) in [5.41, 5.74) is 10.9. The monoisotopic (exact) mass is 510 g/mol. The van der Waals surface area contributed by atoms with Crippen LogP contribution in [0.3, 0.4) is 0 Å². The molecule has 0 aliphatic rings. The minimum Gasteiger partial charge on any atom is -0.398 e. The van der Waals surface area contributed by atoms with Gasteiger partial charge in [-0.05, 0) is 67.2 Å². The Balaban J connectivity index is 0.000000220. The number of aryl methyl sites for hydroxylation is 2. The van der Waals surface area contributed by atoms with Crippen molar-refractivity contribution in [3.05, 3.63) is 71.7 Å². The number of hydrogen-bond acceptors (Lipinski definition) is 3. The summed E-state index contributed by atoms with van der Waals surface area (Å²) in [6.45, 7) is 10.9. The van der Waals surface area contributed by atoms with Crippen LogP contribution in [-0.4, -0.2) is 15.0 Å². The van der Waals surface area contributed by atoms with Crippen molar-refractivity contribution >= 4 is 33.2 Å². The molecule has 2 aromatic carbocycles. The fourth-order valence-electron chi connectivity index (χ4n) is 4.33. The van der Waals surface area contributed by atoms with E-state index in [-0.39, 0.29) is 11.2 Å². The third kappa shape index (κ3) is 7.57. The average Bonchev–Trinajstić information content (AvgIpc) is 3.27. The number of allylic oxidation sites excluding steroid dienone is 1. The number of H-pyrrole nitrogens is 1. The Morgan fingerprint density at radius 1 is 0.973 bits per heavy atom. The molecule has 0 fully saturated rings. The maximum absolute atomic E-state index is 12.4. The zero-order chi connectivity index (χ0) is 27.0. The molecule has 2 heterocycles. The first kappa shape index (κ1) is 28.2. The maximum Gasteiger partial charge on any atom is 0.433 e. The van der Waals surface area contributed by atoms with Crippen molar-refractivity contribution in [2.45, 2.75) is 78.3 Å². The van der Waals surface area contributed by atoms with E-state index in [4.69, 9.17) is 10.7 Å². The Morgan fingerprint density at radius 2 is 1.70 bits per heavy atom. The number of rotatable bonds is 9. The molecule has 4 rings (SSSR count). The van der Waals surface area contributed by atoms with Crippen molar-refractivity contribution < 1.29 is 13.2 Å². The van der Waals surface area contributed by atoms with Gasteiger partial charge in [-0.3, -0.25) is 0 Å². The summed E-state index contributed by atoms with van der Waals surface area (Å²) in [7, 11) is 0. The molecule has 37 heavy (non-hydrogen) atoms. The smallest absolute Gasteiger partial charge is 0.398 e. The van der Waals surface area contributed by atoms with Crippen LogP contribution in [0.15, 0.2) is 49.0 Å². The van der Waals surface area contributed by atoms with E-state index in [1.807, 2.05) is 0 Å². The third-order valence-corrected chi connectivity index (χ3v) is 6.34. The van der Waals surface area contributed by atoms with E-state index in [0.29, 0.717) is 5.39 Å². The van der Waals surface area contributed by atoms with Gasteiger partial charge in [-0.15, -0.1) is 0 Å². The van der Waals surface area contributed by atoms with Crippen LogP contribution in [0, 0.1) is 6.92 Å². The third-order valence-electron chi connectivity index (χ3n) is 6.34. The first-order chi connectivity index (χ1) is 17.6. The van der Waals surface area contributed by atoms with Crippen LogP contribution in [0.4, 0.5) is 18.9 Å². The zero-order valence-electron chi connectivity index (χ0n) is 22.0. The lowest BCUT2D eigenvalue weighted by atomic mass is 9.98. The highest BCUT2D eigenvalue weighted by atomic mass is 19.4. The van der Waals surface area contributed by atoms with Gasteiger partial charge in [-0.1, -0.05) is 64.3 Å². The number of unbranched alkanes of at least 4 members (excludes halogenated alkanes) is 4. The Kier molecular flexibility index (Phi) is 9.73. The van der Waals surface area contributed by atoms with Crippen molar-refractivity contribution in [2.75, 3.05) is 5.73 Å². The van der Waals surface area contributed by atoms with Gasteiger partial charge in [0.15, 0.2) is 0 Å². The van der Waals surface area contributed by atoms with Crippen molar-refractivity contribution in [1.82, 2.24) is 15.0 Å². The summed E-state index contributed by atoms with van der Waals surface area (Å²) in [6.07, 6.45) is 5.35. The Morgan fingerprint density at radius 3 is 2.41 bits per heavy atom. The molecular formula is C30H37F3N4. The molecule has 0 amide bonds. The lowest BCUT2D eigenvalue weighted by Crippen LogP contribution is -2.08. The molecule has 0 bridgehead atoms. The molecule has 4 nitrogen and oxygen atoms in total. The summed E-state index contributed by atoms with van der Waals surface area (Å²) < 4.78 is 37.1. The highest BCUT2D eigenvalue weighted by molar-refractivity contribution is 5.90. The number of nitrogens with two attached hydrogens (primary N) is 1. The molecule has 7 heteroatoms. The fraction of sp³-hybridized carbons (Fsp3) is 0.400. The normalized spacial score (nSPS) is 11.5. The zero-order valence-corrected chi connectivity index (χ0v) is 22.0. The van der Waals surface area contributed by atoms with E-state index in [1.165, 1.54) is 54.9 Å². The van der Waals surface area contributed by atoms with Crippen molar-refractivity contribution in [2.24, 2.45) is 0 Å². The minimum atomic E-state index is -4.46. The lowest BCUT2D eigenvalue weighted by Gasteiger charge is -2.08. The molecule has 0 saturated heterocycles. The second kappa shape index (κ2) is 12.7. The summed E-state index contributed by atoms with van der Waals surface area (Å²) in [6, 6.07) is 11.8. The Bertz CT molecular complexity index is 1340. The van der Waals surface area contributed by atoms with E-state index in [0.717, 1.165) is 42.2 Å². The second-order valence-electron chi connectivity index (χ2n) is 9.50. The topological polar surface area (TPSA) is 67.6 Å². The molecule has 0 spiro atoms.